The van der Waals surface area contributed by atoms with E-state index in [4.69, 9.17) is 0 Å². The molecular formula is C20H21ClF3N3O4S2. The Kier molecular flexibility index (Phi) is 7.16. The molecule has 0 spiro atoms. The number of nitrogens with zero attached hydrogens (tertiary/aromatic N) is 2. The Morgan fingerprint density at radius 2 is 1.48 bits per heavy atom. The van der Waals surface area contributed by atoms with Gasteiger partial charge in [0, 0.05) is 24.7 Å². The lowest BCUT2D eigenvalue weighted by atomic mass is 10.1. The number of aromatic nitrogens is 1. The molecule has 1 fully saturated rings. The highest BCUT2D eigenvalue weighted by Gasteiger charge is 2.38. The van der Waals surface area contributed by atoms with Crippen molar-refractivity contribution in [3.8, 4) is 0 Å². The highest BCUT2D eigenvalue weighted by Crippen LogP contribution is 2.39. The fourth-order valence-corrected chi connectivity index (χ4v) is 6.57. The zero-order valence-electron chi connectivity index (χ0n) is 17.1. The van der Waals surface area contributed by atoms with Crippen LogP contribution in [0.25, 0.3) is 10.9 Å². The number of halogens is 4. The van der Waals surface area contributed by atoms with Crippen molar-refractivity contribution in [1.82, 2.24) is 13.8 Å². The lowest BCUT2D eigenvalue weighted by molar-refractivity contribution is -0.136. The second-order valence-electron chi connectivity index (χ2n) is 7.45. The first-order chi connectivity index (χ1) is 15.0. The molecule has 0 atom stereocenters. The van der Waals surface area contributed by atoms with Gasteiger partial charge in [0.2, 0.25) is 0 Å². The quantitative estimate of drug-likeness (QED) is 0.546. The number of alkyl halides is 3. The summed E-state index contributed by atoms with van der Waals surface area (Å²) < 4.78 is 94.6. The second-order valence-corrected chi connectivity index (χ2v) is 10.9. The summed E-state index contributed by atoms with van der Waals surface area (Å²) in [5, 5.41) is 0.730. The summed E-state index contributed by atoms with van der Waals surface area (Å²) in [7, 11) is -8.86. The van der Waals surface area contributed by atoms with Crippen LogP contribution in [0.4, 0.5) is 13.2 Å². The van der Waals surface area contributed by atoms with Crippen molar-refractivity contribution in [1.29, 1.82) is 0 Å². The standard InChI is InChI=1S/C20H20F3N3O4S2.ClH/c21-20(22,23)16-10-7-11-17-19(16)18(31(27,28)24-25-12-5-2-6-13-25)14-26(17)32(29,30)15-8-3-1-4-9-15;/h1,3-4,7-11,14,24H,2,5-6,12-13H2;1H. The van der Waals surface area contributed by atoms with Crippen LogP contribution < -0.4 is 4.83 Å². The monoisotopic (exact) mass is 523 g/mol. The number of benzene rings is 2. The fraction of sp³-hybridized carbons (Fsp3) is 0.300. The van der Waals surface area contributed by atoms with E-state index in [1.807, 2.05) is 0 Å². The zero-order valence-corrected chi connectivity index (χ0v) is 19.6. The average molecular weight is 524 g/mol. The fourth-order valence-electron chi connectivity index (χ4n) is 3.77. The maximum absolute atomic E-state index is 13.8. The van der Waals surface area contributed by atoms with Gasteiger partial charge in [0.1, 0.15) is 4.90 Å². The third-order valence-corrected chi connectivity index (χ3v) is 8.34. The molecule has 13 heteroatoms. The Bertz CT molecular complexity index is 1350. The Labute approximate surface area is 195 Å². The summed E-state index contributed by atoms with van der Waals surface area (Å²) in [4.78, 5) is 1.39. The number of hydrazine groups is 1. The Morgan fingerprint density at radius 1 is 0.848 bits per heavy atom. The van der Waals surface area contributed by atoms with E-state index in [-0.39, 0.29) is 22.8 Å². The number of rotatable bonds is 5. The van der Waals surface area contributed by atoms with Crippen LogP contribution in [0.5, 0.6) is 0 Å². The van der Waals surface area contributed by atoms with E-state index in [2.05, 4.69) is 4.83 Å². The van der Waals surface area contributed by atoms with E-state index < -0.39 is 42.1 Å². The van der Waals surface area contributed by atoms with Crippen LogP contribution in [-0.4, -0.2) is 38.9 Å². The summed E-state index contributed by atoms with van der Waals surface area (Å²) >= 11 is 0. The van der Waals surface area contributed by atoms with Crippen molar-refractivity contribution in [2.24, 2.45) is 0 Å². The first-order valence-corrected chi connectivity index (χ1v) is 12.7. The molecule has 4 rings (SSSR count). The van der Waals surface area contributed by atoms with Gasteiger partial charge in [-0.15, -0.1) is 17.2 Å². The molecular weight excluding hydrogens is 503 g/mol. The van der Waals surface area contributed by atoms with Crippen molar-refractivity contribution in [2.45, 2.75) is 35.2 Å². The zero-order chi connectivity index (χ0) is 23.1. The molecule has 0 radical (unpaired) electrons. The predicted molar refractivity (Wildman–Crippen MR) is 119 cm³/mol. The molecule has 1 N–H and O–H groups in total. The SMILES string of the molecule is Cl.O=S(=O)(NN1CCCCC1)c1cn(S(=O)(=O)c2ccccc2)c2cccc(C(F)(F)F)c12. The first-order valence-electron chi connectivity index (χ1n) is 9.81. The minimum atomic E-state index is -4.89. The van der Waals surface area contributed by atoms with Crippen molar-refractivity contribution < 1.29 is 30.0 Å². The molecule has 0 bridgehead atoms. The summed E-state index contributed by atoms with van der Waals surface area (Å²) in [5.74, 6) is 0. The van der Waals surface area contributed by atoms with E-state index in [0.717, 1.165) is 43.7 Å². The molecule has 7 nitrogen and oxygen atoms in total. The van der Waals surface area contributed by atoms with Crippen molar-refractivity contribution in [2.75, 3.05) is 13.1 Å². The van der Waals surface area contributed by atoms with Gasteiger partial charge < -0.3 is 0 Å². The van der Waals surface area contributed by atoms with Gasteiger partial charge in [0.25, 0.3) is 20.0 Å². The molecule has 3 aromatic rings. The second kappa shape index (κ2) is 9.26. The molecule has 180 valence electrons. The number of fused-ring (bicyclic) bond motifs is 1. The number of sulfonamides is 1. The summed E-state index contributed by atoms with van der Waals surface area (Å²) in [6.07, 6.45) is -1.75. The predicted octanol–water partition coefficient (Wildman–Crippen LogP) is 4.00. The third-order valence-electron chi connectivity index (χ3n) is 5.26. The summed E-state index contributed by atoms with van der Waals surface area (Å²) in [6, 6.07) is 10.0. The largest absolute Gasteiger partial charge is 0.417 e. The van der Waals surface area contributed by atoms with Crippen LogP contribution in [0.3, 0.4) is 0 Å². The van der Waals surface area contributed by atoms with Gasteiger partial charge in [-0.2, -0.15) is 13.2 Å². The molecule has 1 aliphatic heterocycles. The van der Waals surface area contributed by atoms with Crippen LogP contribution in [0.1, 0.15) is 24.8 Å². The average Bonchev–Trinajstić information content (AvgIpc) is 3.15. The maximum Gasteiger partial charge on any atom is 0.417 e. The lowest BCUT2D eigenvalue weighted by Gasteiger charge is -2.26. The third kappa shape index (κ3) is 4.90. The van der Waals surface area contributed by atoms with Crippen LogP contribution in [0, 0.1) is 0 Å². The maximum atomic E-state index is 13.8. The molecule has 1 aliphatic rings. The van der Waals surface area contributed by atoms with Gasteiger partial charge in [0.15, 0.2) is 0 Å². The number of hydrogen-bond acceptors (Lipinski definition) is 5. The highest BCUT2D eigenvalue weighted by atomic mass is 35.5. The van der Waals surface area contributed by atoms with Gasteiger partial charge in [-0.05, 0) is 37.1 Å². The molecule has 0 aliphatic carbocycles. The van der Waals surface area contributed by atoms with Crippen LogP contribution in [-0.2, 0) is 26.2 Å². The lowest BCUT2D eigenvalue weighted by Crippen LogP contribution is -2.44. The van der Waals surface area contributed by atoms with Crippen molar-refractivity contribution in [3.05, 3.63) is 60.3 Å². The number of nitrogens with one attached hydrogen (secondary N) is 1. The smallest absolute Gasteiger partial charge is 0.240 e. The van der Waals surface area contributed by atoms with Gasteiger partial charge in [-0.25, -0.2) is 25.8 Å². The molecule has 2 aromatic carbocycles. The van der Waals surface area contributed by atoms with Gasteiger partial charge in [0.05, 0.1) is 16.0 Å². The van der Waals surface area contributed by atoms with Gasteiger partial charge >= 0.3 is 6.18 Å². The molecule has 1 aromatic heterocycles. The molecule has 2 heterocycles. The van der Waals surface area contributed by atoms with E-state index >= 15 is 0 Å². The molecule has 0 amide bonds. The minimum Gasteiger partial charge on any atom is -0.240 e. The first kappa shape index (κ1) is 25.5. The minimum absolute atomic E-state index is 0. The summed E-state index contributed by atoms with van der Waals surface area (Å²) in [6.45, 7) is 0.818. The highest BCUT2D eigenvalue weighted by molar-refractivity contribution is 7.90. The molecule has 1 saturated heterocycles. The Morgan fingerprint density at radius 3 is 2.09 bits per heavy atom. The Balaban J connectivity index is 0.00000306. The van der Waals surface area contributed by atoms with Crippen LogP contribution in [0.2, 0.25) is 0 Å². The van der Waals surface area contributed by atoms with E-state index in [1.54, 1.807) is 6.07 Å². The number of hydrogen-bond donors (Lipinski definition) is 1. The van der Waals surface area contributed by atoms with Crippen molar-refractivity contribution >= 4 is 43.4 Å². The molecule has 0 saturated carbocycles. The molecule has 0 unspecified atom stereocenters. The van der Waals surface area contributed by atoms with E-state index in [1.165, 1.54) is 29.3 Å². The normalized spacial score (nSPS) is 16.0. The Hall–Kier alpha value is -2.12. The summed E-state index contributed by atoms with van der Waals surface area (Å²) in [5.41, 5.74) is -1.60. The van der Waals surface area contributed by atoms with E-state index in [9.17, 15) is 30.0 Å². The topological polar surface area (TPSA) is 88.5 Å². The van der Waals surface area contributed by atoms with Gasteiger partial charge in [-0.1, -0.05) is 30.7 Å². The molecule has 33 heavy (non-hydrogen) atoms. The van der Waals surface area contributed by atoms with Crippen molar-refractivity contribution in [3.63, 3.8) is 0 Å². The number of piperidine rings is 1. The van der Waals surface area contributed by atoms with E-state index in [0.29, 0.717) is 17.1 Å². The van der Waals surface area contributed by atoms with Crippen LogP contribution >= 0.6 is 12.4 Å². The van der Waals surface area contributed by atoms with Gasteiger partial charge in [-0.3, -0.25) is 0 Å². The van der Waals surface area contributed by atoms with Crippen LogP contribution in [0.15, 0.2) is 64.5 Å².